The van der Waals surface area contributed by atoms with Crippen molar-refractivity contribution >= 4 is 5.97 Å². The molecule has 1 aromatic rings. The Hall–Kier alpha value is -1.51. The number of carboxylic acids is 1. The highest BCUT2D eigenvalue weighted by molar-refractivity contribution is 5.71. The summed E-state index contributed by atoms with van der Waals surface area (Å²) in [7, 11) is 0. The van der Waals surface area contributed by atoms with Crippen LogP contribution in [-0.4, -0.2) is 17.2 Å². The lowest BCUT2D eigenvalue weighted by molar-refractivity contribution is -0.142. The number of fused-ring (bicyclic) bond motifs is 1. The molecule has 0 spiro atoms. The first-order valence-corrected chi connectivity index (χ1v) is 9.34. The SMILES string of the molecule is CC(C)(C)C1CCC(Oc2ccc3c(c2)CCC(C(=O)O)C3)CC1. The zero-order chi connectivity index (χ0) is 17.3. The first-order valence-electron chi connectivity index (χ1n) is 9.34. The quantitative estimate of drug-likeness (QED) is 0.861. The molecule has 0 saturated heterocycles. The van der Waals surface area contributed by atoms with Crippen molar-refractivity contribution in [1.82, 2.24) is 0 Å². The molecule has 1 unspecified atom stereocenters. The molecule has 2 aliphatic rings. The molecule has 3 heteroatoms. The van der Waals surface area contributed by atoms with Crippen molar-refractivity contribution in [3.8, 4) is 5.75 Å². The molecule has 0 bridgehead atoms. The smallest absolute Gasteiger partial charge is 0.306 e. The molecule has 0 aliphatic heterocycles. The van der Waals surface area contributed by atoms with Crippen LogP contribution in [0.4, 0.5) is 0 Å². The summed E-state index contributed by atoms with van der Waals surface area (Å²) in [5.41, 5.74) is 2.85. The van der Waals surface area contributed by atoms with Crippen molar-refractivity contribution in [2.24, 2.45) is 17.3 Å². The van der Waals surface area contributed by atoms with Gasteiger partial charge in [-0.15, -0.1) is 0 Å². The van der Waals surface area contributed by atoms with E-state index in [0.717, 1.165) is 37.4 Å². The number of aliphatic carboxylic acids is 1. The van der Waals surface area contributed by atoms with Gasteiger partial charge in [-0.2, -0.15) is 0 Å². The van der Waals surface area contributed by atoms with Gasteiger partial charge in [-0.25, -0.2) is 0 Å². The van der Waals surface area contributed by atoms with Gasteiger partial charge in [0.2, 0.25) is 0 Å². The van der Waals surface area contributed by atoms with Crippen LogP contribution in [0, 0.1) is 17.3 Å². The lowest BCUT2D eigenvalue weighted by atomic mass is 9.72. The number of rotatable bonds is 3. The van der Waals surface area contributed by atoms with Gasteiger partial charge in [0.1, 0.15) is 5.75 Å². The number of aryl methyl sites for hydroxylation is 1. The third-order valence-corrected chi connectivity index (χ3v) is 5.96. The van der Waals surface area contributed by atoms with Crippen molar-refractivity contribution in [1.29, 1.82) is 0 Å². The number of ether oxygens (including phenoxy) is 1. The van der Waals surface area contributed by atoms with Crippen LogP contribution < -0.4 is 4.74 Å². The minimum Gasteiger partial charge on any atom is -0.490 e. The van der Waals surface area contributed by atoms with E-state index in [1.807, 2.05) is 6.07 Å². The van der Waals surface area contributed by atoms with Gasteiger partial charge in [0, 0.05) is 0 Å². The monoisotopic (exact) mass is 330 g/mol. The second-order valence-corrected chi connectivity index (χ2v) is 8.67. The Morgan fingerprint density at radius 1 is 1.08 bits per heavy atom. The van der Waals surface area contributed by atoms with Crippen molar-refractivity contribution in [3.63, 3.8) is 0 Å². The highest BCUT2D eigenvalue weighted by Crippen LogP contribution is 2.39. The van der Waals surface area contributed by atoms with Crippen LogP contribution in [0.25, 0.3) is 0 Å². The van der Waals surface area contributed by atoms with Crippen LogP contribution in [0.15, 0.2) is 18.2 Å². The molecule has 1 fully saturated rings. The van der Waals surface area contributed by atoms with Crippen molar-refractivity contribution in [2.75, 3.05) is 0 Å². The summed E-state index contributed by atoms with van der Waals surface area (Å²) in [6, 6.07) is 6.24. The lowest BCUT2D eigenvalue weighted by Gasteiger charge is -2.37. The van der Waals surface area contributed by atoms with Gasteiger partial charge in [-0.1, -0.05) is 26.8 Å². The first kappa shape index (κ1) is 17.3. The van der Waals surface area contributed by atoms with Crippen molar-refractivity contribution in [2.45, 2.75) is 71.8 Å². The van der Waals surface area contributed by atoms with Crippen LogP contribution in [-0.2, 0) is 17.6 Å². The Morgan fingerprint density at radius 3 is 2.42 bits per heavy atom. The summed E-state index contributed by atoms with van der Waals surface area (Å²) in [5, 5.41) is 9.19. The number of hydrogen-bond acceptors (Lipinski definition) is 2. The van der Waals surface area contributed by atoms with Gasteiger partial charge in [-0.05, 0) is 79.5 Å². The average molecular weight is 330 g/mol. The maximum absolute atomic E-state index is 11.2. The predicted octanol–water partition coefficient (Wildman–Crippen LogP) is 4.86. The van der Waals surface area contributed by atoms with Crippen LogP contribution in [0.1, 0.15) is 64.0 Å². The molecule has 3 nitrogen and oxygen atoms in total. The zero-order valence-electron chi connectivity index (χ0n) is 15.2. The molecular weight excluding hydrogens is 300 g/mol. The van der Waals surface area contributed by atoms with E-state index in [9.17, 15) is 9.90 Å². The largest absolute Gasteiger partial charge is 0.490 e. The third-order valence-electron chi connectivity index (χ3n) is 5.96. The Morgan fingerprint density at radius 2 is 1.79 bits per heavy atom. The molecule has 0 radical (unpaired) electrons. The van der Waals surface area contributed by atoms with Crippen LogP contribution in [0.3, 0.4) is 0 Å². The fourth-order valence-corrected chi connectivity index (χ4v) is 4.25. The van der Waals surface area contributed by atoms with E-state index in [-0.39, 0.29) is 5.92 Å². The van der Waals surface area contributed by atoms with Crippen molar-refractivity contribution < 1.29 is 14.6 Å². The Bertz CT molecular complexity index is 592. The number of carbonyl (C=O) groups is 1. The highest BCUT2D eigenvalue weighted by atomic mass is 16.5. The summed E-state index contributed by atoms with van der Waals surface area (Å²) >= 11 is 0. The van der Waals surface area contributed by atoms with E-state index in [1.54, 1.807) is 0 Å². The molecule has 1 saturated carbocycles. The van der Waals surface area contributed by atoms with E-state index in [2.05, 4.69) is 32.9 Å². The molecule has 1 N–H and O–H groups in total. The van der Waals surface area contributed by atoms with E-state index in [1.165, 1.54) is 24.0 Å². The second kappa shape index (κ2) is 6.78. The fourth-order valence-electron chi connectivity index (χ4n) is 4.25. The minimum absolute atomic E-state index is 0.225. The molecule has 132 valence electrons. The van der Waals surface area contributed by atoms with E-state index in [0.29, 0.717) is 17.9 Å². The zero-order valence-corrected chi connectivity index (χ0v) is 15.2. The van der Waals surface area contributed by atoms with Gasteiger partial charge in [-0.3, -0.25) is 4.79 Å². The molecule has 24 heavy (non-hydrogen) atoms. The summed E-state index contributed by atoms with van der Waals surface area (Å²) in [6.07, 6.45) is 7.35. The molecule has 0 amide bonds. The number of hydrogen-bond donors (Lipinski definition) is 1. The molecule has 1 aromatic carbocycles. The fraction of sp³-hybridized carbons (Fsp3) is 0.667. The highest BCUT2D eigenvalue weighted by Gasteiger charge is 2.30. The van der Waals surface area contributed by atoms with Gasteiger partial charge in [0.25, 0.3) is 0 Å². The topological polar surface area (TPSA) is 46.5 Å². The van der Waals surface area contributed by atoms with Crippen LogP contribution in [0.5, 0.6) is 5.75 Å². The van der Waals surface area contributed by atoms with Crippen molar-refractivity contribution in [3.05, 3.63) is 29.3 Å². The molecule has 0 aromatic heterocycles. The summed E-state index contributed by atoms with van der Waals surface area (Å²) < 4.78 is 6.24. The molecule has 1 atom stereocenters. The van der Waals surface area contributed by atoms with Gasteiger partial charge in [0.05, 0.1) is 12.0 Å². The van der Waals surface area contributed by atoms with Gasteiger partial charge >= 0.3 is 5.97 Å². The number of benzene rings is 1. The summed E-state index contributed by atoms with van der Waals surface area (Å²) in [4.78, 5) is 11.2. The Balaban J connectivity index is 1.59. The Kier molecular flexibility index (Phi) is 4.89. The normalized spacial score (nSPS) is 27.4. The van der Waals surface area contributed by atoms with Gasteiger partial charge in [0.15, 0.2) is 0 Å². The minimum atomic E-state index is -0.670. The standard InChI is InChI=1S/C21H30O3/c1-21(2,3)17-7-10-18(11-8-17)24-19-9-6-14-12-16(20(22)23)5-4-15(14)13-19/h6,9,13,16-18H,4-5,7-8,10-12H2,1-3H3,(H,22,23). The first-order chi connectivity index (χ1) is 11.3. The van der Waals surface area contributed by atoms with Crippen LogP contribution >= 0.6 is 0 Å². The maximum atomic E-state index is 11.2. The van der Waals surface area contributed by atoms with E-state index in [4.69, 9.17) is 4.74 Å². The summed E-state index contributed by atoms with van der Waals surface area (Å²) in [5.74, 6) is 0.865. The maximum Gasteiger partial charge on any atom is 0.306 e. The average Bonchev–Trinajstić information content (AvgIpc) is 2.54. The van der Waals surface area contributed by atoms with E-state index < -0.39 is 5.97 Å². The summed E-state index contributed by atoms with van der Waals surface area (Å²) in [6.45, 7) is 7.02. The molecular formula is C21H30O3. The van der Waals surface area contributed by atoms with Gasteiger partial charge < -0.3 is 9.84 Å². The molecule has 2 aliphatic carbocycles. The second-order valence-electron chi connectivity index (χ2n) is 8.67. The third kappa shape index (κ3) is 3.93. The number of carboxylic acid groups (broad SMARTS) is 1. The van der Waals surface area contributed by atoms with Crippen LogP contribution in [0.2, 0.25) is 0 Å². The molecule has 0 heterocycles. The Labute approximate surface area is 145 Å². The van der Waals surface area contributed by atoms with E-state index >= 15 is 0 Å². The lowest BCUT2D eigenvalue weighted by Crippen LogP contribution is -2.30. The predicted molar refractivity (Wildman–Crippen MR) is 95.4 cm³/mol. The molecule has 3 rings (SSSR count).